The number of halogens is 1. The number of aliphatic hydroxyl groups excluding tert-OH is 1. The Labute approximate surface area is 169 Å². The maximum atomic E-state index is 13.3. The number of hydrogen-bond donors (Lipinski definition) is 2. The highest BCUT2D eigenvalue weighted by atomic mass is 19.1. The summed E-state index contributed by atoms with van der Waals surface area (Å²) < 4.78 is 26.2. The predicted octanol–water partition coefficient (Wildman–Crippen LogP) is 2.82. The smallest absolute Gasteiger partial charge is 0.130 e. The number of ether oxygens (including phenoxy) is 2. The fraction of sp³-hybridized carbons (Fsp3) is 0.318. The quantitative estimate of drug-likeness (QED) is 0.549. The van der Waals surface area contributed by atoms with Crippen LogP contribution in [0.2, 0.25) is 0 Å². The molecule has 29 heavy (non-hydrogen) atoms. The Morgan fingerprint density at radius 3 is 2.62 bits per heavy atom. The molecule has 0 aliphatic rings. The van der Waals surface area contributed by atoms with Gasteiger partial charge >= 0.3 is 0 Å². The van der Waals surface area contributed by atoms with Gasteiger partial charge in [0.2, 0.25) is 0 Å². The molecule has 0 spiro atoms. The fourth-order valence-electron chi connectivity index (χ4n) is 3.11. The number of hydrogen-bond acceptors (Lipinski definition) is 5. The van der Waals surface area contributed by atoms with E-state index in [1.165, 1.54) is 12.1 Å². The minimum Gasteiger partial charge on any atom is -0.496 e. The van der Waals surface area contributed by atoms with E-state index < -0.39 is 6.10 Å². The van der Waals surface area contributed by atoms with Gasteiger partial charge in [-0.15, -0.1) is 0 Å². The van der Waals surface area contributed by atoms with E-state index >= 15 is 0 Å². The molecule has 0 fully saturated rings. The molecule has 6 nitrogen and oxygen atoms in total. The third kappa shape index (κ3) is 5.63. The Morgan fingerprint density at radius 2 is 1.93 bits per heavy atom. The number of aryl methyl sites for hydroxylation is 1. The number of benzene rings is 2. The van der Waals surface area contributed by atoms with E-state index in [0.717, 1.165) is 22.7 Å². The predicted molar refractivity (Wildman–Crippen MR) is 108 cm³/mol. The lowest BCUT2D eigenvalue weighted by atomic mass is 10.1. The summed E-state index contributed by atoms with van der Waals surface area (Å²) in [5.74, 6) is 1.24. The van der Waals surface area contributed by atoms with E-state index in [0.29, 0.717) is 13.2 Å². The number of methoxy groups -OCH3 is 1. The van der Waals surface area contributed by atoms with Crippen LogP contribution in [0.1, 0.15) is 23.0 Å². The largest absolute Gasteiger partial charge is 0.496 e. The maximum absolute atomic E-state index is 13.3. The van der Waals surface area contributed by atoms with Crippen LogP contribution in [0.3, 0.4) is 0 Å². The van der Waals surface area contributed by atoms with Gasteiger partial charge in [-0.25, -0.2) is 9.37 Å². The van der Waals surface area contributed by atoms with Crippen molar-refractivity contribution in [3.05, 3.63) is 83.7 Å². The molecular weight excluding hydrogens is 373 g/mol. The lowest BCUT2D eigenvalue weighted by molar-refractivity contribution is 0.0273. The molecule has 0 aliphatic heterocycles. The molecule has 7 heteroatoms. The zero-order valence-corrected chi connectivity index (χ0v) is 16.6. The van der Waals surface area contributed by atoms with Crippen LogP contribution in [0.25, 0.3) is 0 Å². The minimum atomic E-state index is -0.715. The van der Waals surface area contributed by atoms with E-state index in [1.807, 2.05) is 42.1 Å². The topological polar surface area (TPSA) is 68.5 Å². The molecule has 2 aromatic carbocycles. The van der Waals surface area contributed by atoms with Gasteiger partial charge in [0.25, 0.3) is 0 Å². The SMILES string of the molecule is COc1ccccc1COC[C@H](O)CN[C@@H](c1ccc(F)cc1)c1nccn1C. The monoisotopic (exact) mass is 399 g/mol. The molecule has 3 aromatic rings. The summed E-state index contributed by atoms with van der Waals surface area (Å²) in [6, 6.07) is 13.6. The normalized spacial score (nSPS) is 13.2. The van der Waals surface area contributed by atoms with Crippen LogP contribution in [-0.2, 0) is 18.4 Å². The molecular formula is C22H26FN3O3. The summed E-state index contributed by atoms with van der Waals surface area (Å²) in [5.41, 5.74) is 1.79. The summed E-state index contributed by atoms with van der Waals surface area (Å²) in [7, 11) is 3.51. The number of para-hydroxylation sites is 1. The zero-order chi connectivity index (χ0) is 20.6. The third-order valence-electron chi connectivity index (χ3n) is 4.64. The van der Waals surface area contributed by atoms with Crippen LogP contribution < -0.4 is 10.1 Å². The first-order valence-electron chi connectivity index (χ1n) is 9.42. The third-order valence-corrected chi connectivity index (χ3v) is 4.64. The number of aromatic nitrogens is 2. The second-order valence-electron chi connectivity index (χ2n) is 6.77. The molecule has 2 atom stereocenters. The molecule has 0 radical (unpaired) electrons. The van der Waals surface area contributed by atoms with Crippen molar-refractivity contribution in [1.29, 1.82) is 0 Å². The molecule has 0 saturated carbocycles. The van der Waals surface area contributed by atoms with Crippen molar-refractivity contribution < 1.29 is 19.0 Å². The molecule has 3 rings (SSSR count). The van der Waals surface area contributed by atoms with Crippen LogP contribution in [0.4, 0.5) is 4.39 Å². The molecule has 1 aromatic heterocycles. The highest BCUT2D eigenvalue weighted by Gasteiger charge is 2.19. The lowest BCUT2D eigenvalue weighted by Gasteiger charge is -2.21. The number of aliphatic hydroxyl groups is 1. The molecule has 0 saturated heterocycles. The highest BCUT2D eigenvalue weighted by Crippen LogP contribution is 2.21. The molecule has 0 amide bonds. The average Bonchev–Trinajstić information content (AvgIpc) is 3.15. The molecule has 1 heterocycles. The number of nitrogens with one attached hydrogen (secondary N) is 1. The lowest BCUT2D eigenvalue weighted by Crippen LogP contribution is -2.34. The van der Waals surface area contributed by atoms with Gasteiger partial charge in [-0.2, -0.15) is 0 Å². The van der Waals surface area contributed by atoms with Crippen LogP contribution in [0.5, 0.6) is 5.75 Å². The van der Waals surface area contributed by atoms with Gasteiger partial charge in [0.1, 0.15) is 17.4 Å². The van der Waals surface area contributed by atoms with Crippen molar-refractivity contribution in [2.45, 2.75) is 18.8 Å². The second kappa shape index (κ2) is 10.2. The van der Waals surface area contributed by atoms with Gasteiger partial charge in [0, 0.05) is 31.5 Å². The summed E-state index contributed by atoms with van der Waals surface area (Å²) in [6.07, 6.45) is 2.84. The molecule has 0 unspecified atom stereocenters. The van der Waals surface area contributed by atoms with Crippen molar-refractivity contribution in [3.63, 3.8) is 0 Å². The standard InChI is InChI=1S/C22H26FN3O3/c1-26-12-11-24-22(26)21(16-7-9-18(23)10-8-16)25-13-19(27)15-29-14-17-5-3-4-6-20(17)28-2/h3-12,19,21,25,27H,13-15H2,1-2H3/t19-,21+/m1/s1. The van der Waals surface area contributed by atoms with Gasteiger partial charge in [0.05, 0.1) is 32.5 Å². The molecule has 0 aliphatic carbocycles. The van der Waals surface area contributed by atoms with Crippen LogP contribution >= 0.6 is 0 Å². The first-order valence-corrected chi connectivity index (χ1v) is 9.42. The Balaban J connectivity index is 1.57. The summed E-state index contributed by atoms with van der Waals surface area (Å²) in [6.45, 7) is 0.810. The van der Waals surface area contributed by atoms with Gasteiger partial charge in [-0.1, -0.05) is 30.3 Å². The van der Waals surface area contributed by atoms with Crippen LogP contribution in [0.15, 0.2) is 60.9 Å². The summed E-state index contributed by atoms with van der Waals surface area (Å²) in [5, 5.41) is 13.7. The Morgan fingerprint density at radius 1 is 1.17 bits per heavy atom. The summed E-state index contributed by atoms with van der Waals surface area (Å²) >= 11 is 0. The van der Waals surface area contributed by atoms with Crippen molar-refractivity contribution in [2.75, 3.05) is 20.3 Å². The van der Waals surface area contributed by atoms with Crippen molar-refractivity contribution in [1.82, 2.24) is 14.9 Å². The van der Waals surface area contributed by atoms with Gasteiger partial charge < -0.3 is 24.5 Å². The molecule has 0 bridgehead atoms. The van der Waals surface area contributed by atoms with Gasteiger partial charge in [-0.05, 0) is 23.8 Å². The van der Waals surface area contributed by atoms with E-state index in [9.17, 15) is 9.50 Å². The number of rotatable bonds is 10. The van der Waals surface area contributed by atoms with E-state index in [-0.39, 0.29) is 18.5 Å². The Hall–Kier alpha value is -2.74. The Bertz CT molecular complexity index is 898. The van der Waals surface area contributed by atoms with E-state index in [2.05, 4.69) is 10.3 Å². The summed E-state index contributed by atoms with van der Waals surface area (Å²) in [4.78, 5) is 4.39. The van der Waals surface area contributed by atoms with Crippen molar-refractivity contribution in [3.8, 4) is 5.75 Å². The number of nitrogens with zero attached hydrogens (tertiary/aromatic N) is 2. The minimum absolute atomic E-state index is 0.168. The Kier molecular flexibility index (Phi) is 7.35. The van der Waals surface area contributed by atoms with E-state index in [4.69, 9.17) is 9.47 Å². The maximum Gasteiger partial charge on any atom is 0.130 e. The van der Waals surface area contributed by atoms with Crippen LogP contribution in [-0.4, -0.2) is 41.0 Å². The van der Waals surface area contributed by atoms with Gasteiger partial charge in [0.15, 0.2) is 0 Å². The van der Waals surface area contributed by atoms with E-state index in [1.54, 1.807) is 25.4 Å². The van der Waals surface area contributed by atoms with Crippen molar-refractivity contribution in [2.24, 2.45) is 7.05 Å². The second-order valence-corrected chi connectivity index (χ2v) is 6.77. The highest BCUT2D eigenvalue weighted by molar-refractivity contribution is 5.32. The number of imidazole rings is 1. The van der Waals surface area contributed by atoms with Gasteiger partial charge in [-0.3, -0.25) is 0 Å². The average molecular weight is 399 g/mol. The zero-order valence-electron chi connectivity index (χ0n) is 16.6. The van der Waals surface area contributed by atoms with Crippen LogP contribution in [0, 0.1) is 5.82 Å². The van der Waals surface area contributed by atoms with Crippen molar-refractivity contribution >= 4 is 0 Å². The molecule has 2 N–H and O–H groups in total. The molecule has 154 valence electrons. The first-order chi connectivity index (χ1) is 14.1. The fourth-order valence-corrected chi connectivity index (χ4v) is 3.11. The first kappa shape index (κ1) is 21.0.